The molecule has 1 heterocycles. The zero-order valence-electron chi connectivity index (χ0n) is 20.4. The van der Waals surface area contributed by atoms with Gasteiger partial charge < -0.3 is 10.1 Å². The van der Waals surface area contributed by atoms with Gasteiger partial charge in [-0.05, 0) is 89.9 Å². The first-order valence-electron chi connectivity index (χ1n) is 12.2. The summed E-state index contributed by atoms with van der Waals surface area (Å²) in [6.45, 7) is 9.11. The zero-order chi connectivity index (χ0) is 24.9. The summed E-state index contributed by atoms with van der Waals surface area (Å²) in [5.41, 5.74) is 0.398. The van der Waals surface area contributed by atoms with Crippen LogP contribution in [-0.4, -0.2) is 50.3 Å². The van der Waals surface area contributed by atoms with E-state index in [1.165, 1.54) is 16.8 Å². The highest BCUT2D eigenvalue weighted by atomic mass is 79.9. The second kappa shape index (κ2) is 9.21. The van der Waals surface area contributed by atoms with E-state index in [9.17, 15) is 18.0 Å². The molecular weight excluding hydrogens is 520 g/mol. The lowest BCUT2D eigenvalue weighted by Crippen LogP contribution is -2.52. The van der Waals surface area contributed by atoms with Crippen LogP contribution >= 0.6 is 15.9 Å². The van der Waals surface area contributed by atoms with Crippen molar-refractivity contribution in [3.63, 3.8) is 0 Å². The lowest BCUT2D eigenvalue weighted by atomic mass is 9.68. The minimum atomic E-state index is -3.90. The molecule has 1 N–H and O–H groups in total. The largest absolute Gasteiger partial charge is 0.466 e. The summed E-state index contributed by atoms with van der Waals surface area (Å²) >= 11 is 3.36. The monoisotopic (exact) mass is 554 g/mol. The molecule has 2 saturated carbocycles. The third kappa shape index (κ3) is 4.44. The molecule has 3 fully saturated rings. The Kier molecular flexibility index (Phi) is 6.94. The van der Waals surface area contributed by atoms with Gasteiger partial charge in [-0.1, -0.05) is 20.8 Å². The standard InChI is InChI=1S/C25H35BrN2O5S/c1-5-33-22(30)17-7-6-12-28(15-17)34(31,32)20-13-16(8-9-19(20)26)21(29)27-23-24(2,3)18-10-11-25(23,4)14-18/h8-9,13,17-18,23H,5-7,10-12,14-15H2,1-4H3,(H,27,29)/t17?,18-,23?,25+/m1/s1. The number of nitrogens with zero attached hydrogens (tertiary/aromatic N) is 1. The molecule has 2 bridgehead atoms. The van der Waals surface area contributed by atoms with Gasteiger partial charge in [-0.25, -0.2) is 8.42 Å². The van der Waals surface area contributed by atoms with Gasteiger partial charge in [-0.2, -0.15) is 4.31 Å². The number of carbonyl (C=O) groups excluding carboxylic acids is 2. The Hall–Kier alpha value is -1.45. The summed E-state index contributed by atoms with van der Waals surface area (Å²) in [6.07, 6.45) is 4.59. The molecule has 0 radical (unpaired) electrons. The Labute approximate surface area is 211 Å². The van der Waals surface area contributed by atoms with Gasteiger partial charge in [0.05, 0.1) is 17.4 Å². The average Bonchev–Trinajstić information content (AvgIpc) is 3.28. The number of fused-ring (bicyclic) bond motifs is 2. The van der Waals surface area contributed by atoms with Gasteiger partial charge in [0.1, 0.15) is 0 Å². The molecule has 0 spiro atoms. The Morgan fingerprint density at radius 2 is 1.97 bits per heavy atom. The molecule has 7 nitrogen and oxygen atoms in total. The van der Waals surface area contributed by atoms with Crippen LogP contribution in [-0.2, 0) is 19.6 Å². The molecule has 1 aliphatic heterocycles. The van der Waals surface area contributed by atoms with E-state index in [2.05, 4.69) is 42.0 Å². The van der Waals surface area contributed by atoms with E-state index < -0.39 is 15.9 Å². The van der Waals surface area contributed by atoms with E-state index in [-0.39, 0.29) is 46.8 Å². The van der Waals surface area contributed by atoms with Crippen molar-refractivity contribution < 1.29 is 22.7 Å². The van der Waals surface area contributed by atoms with Crippen LogP contribution in [0.2, 0.25) is 0 Å². The van der Waals surface area contributed by atoms with Crippen molar-refractivity contribution in [2.75, 3.05) is 19.7 Å². The van der Waals surface area contributed by atoms with Crippen LogP contribution in [0.5, 0.6) is 0 Å². The van der Waals surface area contributed by atoms with Gasteiger partial charge in [0.25, 0.3) is 5.91 Å². The van der Waals surface area contributed by atoms with Crippen molar-refractivity contribution in [3.05, 3.63) is 28.2 Å². The van der Waals surface area contributed by atoms with Crippen molar-refractivity contribution in [1.82, 2.24) is 9.62 Å². The van der Waals surface area contributed by atoms with Crippen molar-refractivity contribution in [3.8, 4) is 0 Å². The number of esters is 1. The molecule has 188 valence electrons. The maximum Gasteiger partial charge on any atom is 0.310 e. The number of sulfonamides is 1. The highest BCUT2D eigenvalue weighted by Gasteiger charge is 2.59. The number of rotatable bonds is 6. The van der Waals surface area contributed by atoms with E-state index in [4.69, 9.17) is 4.74 Å². The summed E-state index contributed by atoms with van der Waals surface area (Å²) in [5, 5.41) is 3.25. The fraction of sp³-hybridized carbons (Fsp3) is 0.680. The highest BCUT2D eigenvalue weighted by molar-refractivity contribution is 9.10. The van der Waals surface area contributed by atoms with E-state index in [1.54, 1.807) is 19.1 Å². The maximum atomic E-state index is 13.5. The predicted molar refractivity (Wildman–Crippen MR) is 133 cm³/mol. The zero-order valence-corrected chi connectivity index (χ0v) is 22.8. The topological polar surface area (TPSA) is 92.8 Å². The van der Waals surface area contributed by atoms with Gasteiger partial charge in [-0.15, -0.1) is 0 Å². The van der Waals surface area contributed by atoms with E-state index in [0.717, 1.165) is 12.8 Å². The number of piperidine rings is 1. The van der Waals surface area contributed by atoms with Gasteiger partial charge in [-0.3, -0.25) is 9.59 Å². The Bertz CT molecular complexity index is 1080. The van der Waals surface area contributed by atoms with Crippen molar-refractivity contribution in [1.29, 1.82) is 0 Å². The lowest BCUT2D eigenvalue weighted by Gasteiger charge is -2.43. The van der Waals surface area contributed by atoms with Crippen LogP contribution in [0.15, 0.2) is 27.6 Å². The smallest absolute Gasteiger partial charge is 0.310 e. The Morgan fingerprint density at radius 1 is 1.24 bits per heavy atom. The number of hydrogen-bond donors (Lipinski definition) is 1. The summed E-state index contributed by atoms with van der Waals surface area (Å²) in [4.78, 5) is 25.5. The third-order valence-corrected chi connectivity index (χ3v) is 11.2. The van der Waals surface area contributed by atoms with Gasteiger partial charge in [0.15, 0.2) is 0 Å². The molecule has 1 aromatic rings. The second-order valence-corrected chi connectivity index (χ2v) is 13.7. The third-order valence-electron chi connectivity index (χ3n) is 8.36. The summed E-state index contributed by atoms with van der Waals surface area (Å²) in [7, 11) is -3.90. The Balaban J connectivity index is 1.56. The molecular formula is C25H35BrN2O5S. The van der Waals surface area contributed by atoms with Crippen LogP contribution in [0.3, 0.4) is 0 Å². The molecule has 1 saturated heterocycles. The summed E-state index contributed by atoms with van der Waals surface area (Å²) in [6, 6.07) is 4.76. The molecule has 34 heavy (non-hydrogen) atoms. The minimum Gasteiger partial charge on any atom is -0.466 e. The minimum absolute atomic E-state index is 0.00282. The van der Waals surface area contributed by atoms with Crippen molar-refractivity contribution in [2.45, 2.75) is 70.7 Å². The van der Waals surface area contributed by atoms with Crippen LogP contribution in [0.25, 0.3) is 0 Å². The van der Waals surface area contributed by atoms with Crippen LogP contribution < -0.4 is 5.32 Å². The number of carbonyl (C=O) groups is 2. The molecule has 4 rings (SSSR count). The number of amides is 1. The first-order valence-corrected chi connectivity index (χ1v) is 14.4. The Morgan fingerprint density at radius 3 is 2.62 bits per heavy atom. The average molecular weight is 556 g/mol. The fourth-order valence-electron chi connectivity index (χ4n) is 6.47. The molecule has 3 aliphatic rings. The van der Waals surface area contributed by atoms with E-state index in [0.29, 0.717) is 35.3 Å². The number of hydrogen-bond acceptors (Lipinski definition) is 5. The molecule has 2 aliphatic carbocycles. The molecule has 1 amide bonds. The number of halogens is 1. The first kappa shape index (κ1) is 25.6. The number of nitrogens with one attached hydrogen (secondary N) is 1. The summed E-state index contributed by atoms with van der Waals surface area (Å²) < 4.78 is 33.9. The molecule has 0 aromatic heterocycles. The van der Waals surface area contributed by atoms with Gasteiger partial charge in [0.2, 0.25) is 10.0 Å². The normalized spacial score (nSPS) is 30.8. The molecule has 2 unspecified atom stereocenters. The number of benzene rings is 1. The van der Waals surface area contributed by atoms with Gasteiger partial charge >= 0.3 is 5.97 Å². The lowest BCUT2D eigenvalue weighted by molar-refractivity contribution is -0.149. The quantitative estimate of drug-likeness (QED) is 0.527. The van der Waals surface area contributed by atoms with Crippen LogP contribution in [0.4, 0.5) is 0 Å². The van der Waals surface area contributed by atoms with Gasteiger partial charge in [0, 0.05) is 29.2 Å². The van der Waals surface area contributed by atoms with Crippen LogP contribution in [0, 0.1) is 22.7 Å². The SMILES string of the molecule is CCOC(=O)C1CCCN(S(=O)(=O)c2cc(C(=O)NC3C(C)(C)[C@@H]4CC[C@@]3(C)C4)ccc2Br)C1. The number of ether oxygens (including phenoxy) is 1. The van der Waals surface area contributed by atoms with E-state index in [1.807, 2.05) is 0 Å². The van der Waals surface area contributed by atoms with Crippen molar-refractivity contribution in [2.24, 2.45) is 22.7 Å². The highest BCUT2D eigenvalue weighted by Crippen LogP contribution is 2.62. The first-order chi connectivity index (χ1) is 15.9. The molecule has 1 aromatic carbocycles. The van der Waals surface area contributed by atoms with E-state index >= 15 is 0 Å². The molecule has 4 atom stereocenters. The predicted octanol–water partition coefficient (Wildman–Crippen LogP) is 4.36. The summed E-state index contributed by atoms with van der Waals surface area (Å²) in [5.74, 6) is -0.500. The van der Waals surface area contributed by atoms with Crippen molar-refractivity contribution >= 4 is 37.8 Å². The fourth-order valence-corrected chi connectivity index (χ4v) is 8.95. The second-order valence-electron chi connectivity index (χ2n) is 10.9. The van der Waals surface area contributed by atoms with Crippen LogP contribution in [0.1, 0.15) is 70.2 Å². The molecule has 9 heteroatoms. The maximum absolute atomic E-state index is 13.5.